The number of benzene rings is 1. The highest BCUT2D eigenvalue weighted by molar-refractivity contribution is 5.74. The summed E-state index contributed by atoms with van der Waals surface area (Å²) in [4.78, 5) is 30.8. The largest absolute Gasteiger partial charge is 0.491 e. The molecule has 0 spiro atoms. The number of H-pyrrole nitrogens is 1. The number of anilines is 1. The van der Waals surface area contributed by atoms with Crippen molar-refractivity contribution in [1.82, 2.24) is 19.1 Å². The van der Waals surface area contributed by atoms with Crippen LogP contribution in [0.4, 0.5) is 5.95 Å². The maximum absolute atomic E-state index is 12.4. The van der Waals surface area contributed by atoms with Crippen molar-refractivity contribution < 1.29 is 9.84 Å². The van der Waals surface area contributed by atoms with Crippen LogP contribution in [0, 0.1) is 6.92 Å². The van der Waals surface area contributed by atoms with Crippen molar-refractivity contribution in [2.75, 3.05) is 25.0 Å². The van der Waals surface area contributed by atoms with E-state index in [0.29, 0.717) is 24.8 Å². The fourth-order valence-electron chi connectivity index (χ4n) is 2.90. The fraction of sp³-hybridized carbons (Fsp3) is 0.389. The number of aromatic nitrogens is 4. The zero-order valence-electron chi connectivity index (χ0n) is 15.8. The predicted octanol–water partition coefficient (Wildman–Crippen LogP) is -0.458. The number of aryl methyl sites for hydroxylation is 2. The van der Waals surface area contributed by atoms with Crippen LogP contribution in [0.5, 0.6) is 5.75 Å². The van der Waals surface area contributed by atoms with E-state index in [4.69, 9.17) is 10.5 Å². The van der Waals surface area contributed by atoms with Crippen molar-refractivity contribution in [3.05, 3.63) is 50.7 Å². The van der Waals surface area contributed by atoms with Crippen LogP contribution in [-0.2, 0) is 13.6 Å². The summed E-state index contributed by atoms with van der Waals surface area (Å²) in [6, 6.07) is 7.50. The number of hydrogen-bond donors (Lipinski definition) is 4. The summed E-state index contributed by atoms with van der Waals surface area (Å²) in [6.45, 7) is 2.78. The van der Waals surface area contributed by atoms with Crippen LogP contribution in [0.3, 0.4) is 0 Å². The highest BCUT2D eigenvalue weighted by Gasteiger charge is 2.19. The number of imidazole rings is 1. The first-order valence-electron chi connectivity index (χ1n) is 8.92. The Kier molecular flexibility index (Phi) is 5.81. The number of nitrogens with one attached hydrogen (secondary N) is 2. The quantitative estimate of drug-likeness (QED) is 0.409. The smallest absolute Gasteiger partial charge is 0.329 e. The zero-order valence-corrected chi connectivity index (χ0v) is 15.8. The van der Waals surface area contributed by atoms with Crippen molar-refractivity contribution in [1.29, 1.82) is 0 Å². The third kappa shape index (κ3) is 3.92. The molecular formula is C18H24N6O4. The van der Waals surface area contributed by atoms with Gasteiger partial charge in [-0.3, -0.25) is 14.3 Å². The summed E-state index contributed by atoms with van der Waals surface area (Å²) >= 11 is 0. The molecule has 3 rings (SSSR count). The number of aromatic amines is 1. The number of ether oxygens (including phenoxy) is 1. The summed E-state index contributed by atoms with van der Waals surface area (Å²) in [5.41, 5.74) is 5.78. The Labute approximate surface area is 160 Å². The van der Waals surface area contributed by atoms with Gasteiger partial charge in [0, 0.05) is 20.1 Å². The predicted molar refractivity (Wildman–Crippen MR) is 106 cm³/mol. The number of aliphatic hydroxyl groups is 1. The Balaban J connectivity index is 1.90. The molecule has 0 aliphatic carbocycles. The van der Waals surface area contributed by atoms with E-state index in [-0.39, 0.29) is 24.3 Å². The SMILES string of the molecule is Cc1ccccc1OCC(O)Cn1c(NCCN)nc2c1c(=O)[nH]c(=O)n2C. The average molecular weight is 388 g/mol. The van der Waals surface area contributed by atoms with E-state index >= 15 is 0 Å². The molecule has 0 radical (unpaired) electrons. The molecule has 1 unspecified atom stereocenters. The minimum absolute atomic E-state index is 0.0323. The number of hydrogen-bond acceptors (Lipinski definition) is 7. The average Bonchev–Trinajstić information content (AvgIpc) is 3.02. The Hall–Kier alpha value is -3.11. The van der Waals surface area contributed by atoms with Gasteiger partial charge in [-0.05, 0) is 18.6 Å². The topological polar surface area (TPSA) is 140 Å². The van der Waals surface area contributed by atoms with Crippen LogP contribution in [0.25, 0.3) is 11.2 Å². The first-order chi connectivity index (χ1) is 13.4. The van der Waals surface area contributed by atoms with Crippen molar-refractivity contribution in [3.8, 4) is 5.75 Å². The molecule has 5 N–H and O–H groups in total. The van der Waals surface area contributed by atoms with E-state index in [1.165, 1.54) is 16.2 Å². The van der Waals surface area contributed by atoms with Crippen LogP contribution in [0.1, 0.15) is 5.56 Å². The molecule has 2 heterocycles. The molecule has 28 heavy (non-hydrogen) atoms. The molecule has 0 aliphatic heterocycles. The van der Waals surface area contributed by atoms with Gasteiger partial charge in [0.1, 0.15) is 18.5 Å². The molecule has 0 amide bonds. The van der Waals surface area contributed by atoms with Crippen molar-refractivity contribution >= 4 is 17.1 Å². The second-order valence-corrected chi connectivity index (χ2v) is 6.48. The lowest BCUT2D eigenvalue weighted by Gasteiger charge is -2.16. The van der Waals surface area contributed by atoms with E-state index < -0.39 is 17.4 Å². The van der Waals surface area contributed by atoms with Crippen LogP contribution >= 0.6 is 0 Å². The van der Waals surface area contributed by atoms with E-state index in [9.17, 15) is 14.7 Å². The Morgan fingerprint density at radius 3 is 2.82 bits per heavy atom. The molecule has 10 heteroatoms. The molecular weight excluding hydrogens is 364 g/mol. The Bertz CT molecular complexity index is 1080. The van der Waals surface area contributed by atoms with Gasteiger partial charge in [0.05, 0.1) is 6.54 Å². The lowest BCUT2D eigenvalue weighted by atomic mass is 10.2. The van der Waals surface area contributed by atoms with Gasteiger partial charge in [-0.25, -0.2) is 4.79 Å². The molecule has 0 fully saturated rings. The molecule has 10 nitrogen and oxygen atoms in total. The molecule has 3 aromatic rings. The minimum atomic E-state index is -0.910. The molecule has 0 saturated heterocycles. The summed E-state index contributed by atoms with van der Waals surface area (Å²) < 4.78 is 8.47. The summed E-state index contributed by atoms with van der Waals surface area (Å²) in [7, 11) is 1.52. The highest BCUT2D eigenvalue weighted by atomic mass is 16.5. The standard InChI is InChI=1S/C18H24N6O4/c1-11-5-3-4-6-13(11)28-10-12(25)9-24-14-15(21-17(24)20-8-7-19)23(2)18(27)22-16(14)26/h3-6,12,25H,7-10,19H2,1-2H3,(H,20,21)(H,22,26,27). The van der Waals surface area contributed by atoms with Gasteiger partial charge in [0.2, 0.25) is 5.95 Å². The van der Waals surface area contributed by atoms with Gasteiger partial charge in [-0.1, -0.05) is 18.2 Å². The fourth-order valence-corrected chi connectivity index (χ4v) is 2.90. The zero-order chi connectivity index (χ0) is 20.3. The second kappa shape index (κ2) is 8.28. The molecule has 150 valence electrons. The van der Waals surface area contributed by atoms with Crippen LogP contribution < -0.4 is 27.0 Å². The maximum atomic E-state index is 12.4. The van der Waals surface area contributed by atoms with Crippen molar-refractivity contribution in [2.45, 2.75) is 19.6 Å². The number of nitrogens with zero attached hydrogens (tertiary/aromatic N) is 3. The van der Waals surface area contributed by atoms with Gasteiger partial charge in [-0.15, -0.1) is 0 Å². The molecule has 0 saturated carbocycles. The summed E-state index contributed by atoms with van der Waals surface area (Å²) in [6.07, 6.45) is -0.910. The minimum Gasteiger partial charge on any atom is -0.491 e. The molecule has 1 atom stereocenters. The van der Waals surface area contributed by atoms with E-state index in [1.807, 2.05) is 31.2 Å². The van der Waals surface area contributed by atoms with E-state index in [2.05, 4.69) is 15.3 Å². The van der Waals surface area contributed by atoms with Crippen molar-refractivity contribution in [3.63, 3.8) is 0 Å². The number of rotatable bonds is 8. The van der Waals surface area contributed by atoms with Gasteiger partial charge < -0.3 is 25.5 Å². The number of nitrogens with two attached hydrogens (primary N) is 1. The lowest BCUT2D eigenvalue weighted by molar-refractivity contribution is 0.0935. The van der Waals surface area contributed by atoms with Gasteiger partial charge in [0.25, 0.3) is 5.56 Å². The van der Waals surface area contributed by atoms with Crippen LogP contribution in [-0.4, -0.2) is 50.0 Å². The van der Waals surface area contributed by atoms with Crippen molar-refractivity contribution in [2.24, 2.45) is 12.8 Å². The first kappa shape index (κ1) is 19.6. The lowest BCUT2D eigenvalue weighted by Crippen LogP contribution is -2.31. The van der Waals surface area contributed by atoms with Gasteiger partial charge in [0.15, 0.2) is 11.2 Å². The van der Waals surface area contributed by atoms with Crippen LogP contribution in [0.2, 0.25) is 0 Å². The van der Waals surface area contributed by atoms with Crippen LogP contribution in [0.15, 0.2) is 33.9 Å². The third-order valence-electron chi connectivity index (χ3n) is 4.35. The number of para-hydroxylation sites is 1. The normalized spacial score (nSPS) is 12.3. The molecule has 0 bridgehead atoms. The van der Waals surface area contributed by atoms with E-state index in [1.54, 1.807) is 0 Å². The van der Waals surface area contributed by atoms with Gasteiger partial charge >= 0.3 is 5.69 Å². The number of fused-ring (bicyclic) bond motifs is 1. The monoisotopic (exact) mass is 388 g/mol. The Morgan fingerprint density at radius 2 is 2.11 bits per heavy atom. The third-order valence-corrected chi connectivity index (χ3v) is 4.35. The molecule has 1 aromatic carbocycles. The Morgan fingerprint density at radius 1 is 1.36 bits per heavy atom. The first-order valence-corrected chi connectivity index (χ1v) is 8.92. The number of aliphatic hydroxyl groups excluding tert-OH is 1. The second-order valence-electron chi connectivity index (χ2n) is 6.48. The molecule has 2 aromatic heterocycles. The summed E-state index contributed by atoms with van der Waals surface area (Å²) in [5.74, 6) is 1.03. The molecule has 0 aliphatic rings. The van der Waals surface area contributed by atoms with E-state index in [0.717, 1.165) is 5.56 Å². The maximum Gasteiger partial charge on any atom is 0.329 e. The summed E-state index contributed by atoms with van der Waals surface area (Å²) in [5, 5.41) is 13.5. The van der Waals surface area contributed by atoms with Gasteiger partial charge in [-0.2, -0.15) is 4.98 Å². The highest BCUT2D eigenvalue weighted by Crippen LogP contribution is 2.18.